The second-order valence-corrected chi connectivity index (χ2v) is 5.32. The molecular formula is C16H25NO. The van der Waals surface area contributed by atoms with E-state index in [1.165, 1.54) is 23.1 Å². The summed E-state index contributed by atoms with van der Waals surface area (Å²) < 4.78 is 6.21. The zero-order valence-corrected chi connectivity index (χ0v) is 12.0. The van der Waals surface area contributed by atoms with Crippen LogP contribution in [0.25, 0.3) is 0 Å². The van der Waals surface area contributed by atoms with Crippen LogP contribution in [0, 0.1) is 13.8 Å². The van der Waals surface area contributed by atoms with E-state index < -0.39 is 0 Å². The van der Waals surface area contributed by atoms with Crippen LogP contribution in [0.3, 0.4) is 0 Å². The lowest BCUT2D eigenvalue weighted by molar-refractivity contribution is 0.177. The maximum Gasteiger partial charge on any atom is 0.127 e. The van der Waals surface area contributed by atoms with Gasteiger partial charge in [0.2, 0.25) is 0 Å². The first-order chi connectivity index (χ1) is 8.69. The van der Waals surface area contributed by atoms with Crippen molar-refractivity contribution in [3.8, 4) is 5.75 Å². The van der Waals surface area contributed by atoms with Crippen molar-refractivity contribution in [2.45, 2.75) is 59.1 Å². The molecule has 0 aliphatic carbocycles. The molecule has 1 aromatic rings. The van der Waals surface area contributed by atoms with Gasteiger partial charge in [0.15, 0.2) is 0 Å². The van der Waals surface area contributed by atoms with Gasteiger partial charge in [-0.1, -0.05) is 32.4 Å². The van der Waals surface area contributed by atoms with Crippen LogP contribution >= 0.6 is 0 Å². The molecule has 1 heterocycles. The predicted octanol–water partition coefficient (Wildman–Crippen LogP) is 3.91. The van der Waals surface area contributed by atoms with Gasteiger partial charge in [0, 0.05) is 5.56 Å². The summed E-state index contributed by atoms with van der Waals surface area (Å²) in [6.07, 6.45) is 3.75. The van der Waals surface area contributed by atoms with Gasteiger partial charge >= 0.3 is 0 Å². The first-order valence-corrected chi connectivity index (χ1v) is 7.19. The van der Waals surface area contributed by atoms with E-state index in [1.54, 1.807) is 0 Å². The van der Waals surface area contributed by atoms with Gasteiger partial charge < -0.3 is 10.1 Å². The molecule has 0 amide bonds. The minimum absolute atomic E-state index is 0.302. The summed E-state index contributed by atoms with van der Waals surface area (Å²) in [5.74, 6) is 1.13. The second kappa shape index (κ2) is 5.75. The van der Waals surface area contributed by atoms with Crippen LogP contribution in [0.4, 0.5) is 0 Å². The topological polar surface area (TPSA) is 21.3 Å². The molecule has 18 heavy (non-hydrogen) atoms. The maximum absolute atomic E-state index is 6.21. The van der Waals surface area contributed by atoms with Crippen molar-refractivity contribution in [1.82, 2.24) is 5.32 Å². The lowest BCUT2D eigenvalue weighted by Crippen LogP contribution is -2.31. The van der Waals surface area contributed by atoms with E-state index >= 15 is 0 Å². The van der Waals surface area contributed by atoms with Gasteiger partial charge in [-0.15, -0.1) is 0 Å². The Balaban J connectivity index is 2.32. The lowest BCUT2D eigenvalue weighted by atomic mass is 9.95. The van der Waals surface area contributed by atoms with E-state index in [2.05, 4.69) is 45.1 Å². The average Bonchev–Trinajstić information content (AvgIpc) is 2.72. The molecule has 1 aliphatic heterocycles. The summed E-state index contributed by atoms with van der Waals surface area (Å²) in [4.78, 5) is 0. The number of hydrogen-bond donors (Lipinski definition) is 1. The summed E-state index contributed by atoms with van der Waals surface area (Å²) in [5.41, 5.74) is 4.00. The molecule has 0 aromatic heterocycles. The molecule has 0 spiro atoms. The molecule has 0 fully saturated rings. The number of ether oxygens (including phenoxy) is 1. The van der Waals surface area contributed by atoms with E-state index in [0.717, 1.165) is 25.1 Å². The molecular weight excluding hydrogens is 222 g/mol. The molecule has 0 saturated carbocycles. The Hall–Kier alpha value is -1.02. The molecule has 0 radical (unpaired) electrons. The van der Waals surface area contributed by atoms with Crippen molar-refractivity contribution in [3.05, 3.63) is 28.8 Å². The standard InChI is InChI=1S/C16H25NO/c1-5-7-13-15(17-10-6-2)14-11(3)8-9-12(4)16(14)18-13/h8-9,13,15,17H,5-7,10H2,1-4H3. The van der Waals surface area contributed by atoms with Crippen LogP contribution in [0.2, 0.25) is 0 Å². The molecule has 2 unspecified atom stereocenters. The van der Waals surface area contributed by atoms with Crippen molar-refractivity contribution < 1.29 is 4.74 Å². The Labute approximate surface area is 111 Å². The highest BCUT2D eigenvalue weighted by molar-refractivity contribution is 5.50. The van der Waals surface area contributed by atoms with E-state index in [-0.39, 0.29) is 0 Å². The van der Waals surface area contributed by atoms with Crippen LogP contribution in [0.5, 0.6) is 5.75 Å². The zero-order chi connectivity index (χ0) is 13.1. The maximum atomic E-state index is 6.21. The molecule has 0 bridgehead atoms. The highest BCUT2D eigenvalue weighted by Gasteiger charge is 2.35. The van der Waals surface area contributed by atoms with E-state index in [9.17, 15) is 0 Å². The van der Waals surface area contributed by atoms with Crippen LogP contribution < -0.4 is 10.1 Å². The number of aryl methyl sites for hydroxylation is 2. The quantitative estimate of drug-likeness (QED) is 0.852. The fraction of sp³-hybridized carbons (Fsp3) is 0.625. The minimum atomic E-state index is 0.302. The van der Waals surface area contributed by atoms with Gasteiger partial charge in [0.1, 0.15) is 11.9 Å². The molecule has 1 N–H and O–H groups in total. The summed E-state index contributed by atoms with van der Waals surface area (Å²) in [6, 6.07) is 4.76. The van der Waals surface area contributed by atoms with Crippen molar-refractivity contribution in [3.63, 3.8) is 0 Å². The fourth-order valence-electron chi connectivity index (χ4n) is 2.80. The molecule has 2 heteroatoms. The largest absolute Gasteiger partial charge is 0.488 e. The van der Waals surface area contributed by atoms with Crippen molar-refractivity contribution in [1.29, 1.82) is 0 Å². The van der Waals surface area contributed by atoms with Crippen molar-refractivity contribution in [2.24, 2.45) is 0 Å². The number of rotatable bonds is 5. The fourth-order valence-corrected chi connectivity index (χ4v) is 2.80. The zero-order valence-electron chi connectivity index (χ0n) is 12.0. The lowest BCUT2D eigenvalue weighted by Gasteiger charge is -2.20. The Kier molecular flexibility index (Phi) is 4.28. The van der Waals surface area contributed by atoms with Crippen LogP contribution in [0.15, 0.2) is 12.1 Å². The Morgan fingerprint density at radius 2 is 1.83 bits per heavy atom. The predicted molar refractivity (Wildman–Crippen MR) is 76.3 cm³/mol. The van der Waals surface area contributed by atoms with E-state index in [0.29, 0.717) is 12.1 Å². The molecule has 1 aliphatic rings. The third kappa shape index (κ3) is 2.39. The SMILES string of the molecule is CCCNC1c2c(C)ccc(C)c2OC1CCC. The van der Waals surface area contributed by atoms with Crippen molar-refractivity contribution in [2.75, 3.05) is 6.54 Å². The smallest absolute Gasteiger partial charge is 0.127 e. The highest BCUT2D eigenvalue weighted by atomic mass is 16.5. The van der Waals surface area contributed by atoms with Gasteiger partial charge in [-0.2, -0.15) is 0 Å². The van der Waals surface area contributed by atoms with Crippen LogP contribution in [0.1, 0.15) is 55.8 Å². The summed E-state index contributed by atoms with van der Waals surface area (Å²) >= 11 is 0. The normalized spacial score (nSPS) is 21.8. The minimum Gasteiger partial charge on any atom is -0.488 e. The van der Waals surface area contributed by atoms with Crippen LogP contribution in [-0.2, 0) is 0 Å². The van der Waals surface area contributed by atoms with Gasteiger partial charge in [-0.25, -0.2) is 0 Å². The third-order valence-electron chi connectivity index (χ3n) is 3.75. The Morgan fingerprint density at radius 3 is 2.50 bits per heavy atom. The molecule has 2 atom stereocenters. The second-order valence-electron chi connectivity index (χ2n) is 5.32. The summed E-state index contributed by atoms with van der Waals surface area (Å²) in [5, 5.41) is 3.67. The van der Waals surface area contributed by atoms with E-state index in [4.69, 9.17) is 4.74 Å². The third-order valence-corrected chi connectivity index (χ3v) is 3.75. The highest BCUT2D eigenvalue weighted by Crippen LogP contribution is 2.42. The van der Waals surface area contributed by atoms with Crippen LogP contribution in [-0.4, -0.2) is 12.6 Å². The monoisotopic (exact) mass is 247 g/mol. The molecule has 0 saturated heterocycles. The van der Waals surface area contributed by atoms with Gasteiger partial charge in [-0.05, 0) is 44.4 Å². The van der Waals surface area contributed by atoms with Gasteiger partial charge in [0.05, 0.1) is 6.04 Å². The van der Waals surface area contributed by atoms with Gasteiger partial charge in [0.25, 0.3) is 0 Å². The first-order valence-electron chi connectivity index (χ1n) is 7.19. The number of hydrogen-bond acceptors (Lipinski definition) is 2. The molecule has 2 nitrogen and oxygen atoms in total. The van der Waals surface area contributed by atoms with E-state index in [1.807, 2.05) is 0 Å². The number of nitrogens with one attached hydrogen (secondary N) is 1. The van der Waals surface area contributed by atoms with Crippen molar-refractivity contribution >= 4 is 0 Å². The molecule has 100 valence electrons. The summed E-state index contributed by atoms with van der Waals surface area (Å²) in [7, 11) is 0. The Morgan fingerprint density at radius 1 is 1.11 bits per heavy atom. The number of benzene rings is 1. The number of fused-ring (bicyclic) bond motifs is 1. The summed E-state index contributed by atoms with van der Waals surface area (Å²) in [6.45, 7) is 9.83. The molecule has 2 rings (SSSR count). The molecule has 1 aromatic carbocycles. The average molecular weight is 247 g/mol. The first kappa shape index (κ1) is 13.4. The van der Waals surface area contributed by atoms with Gasteiger partial charge in [-0.3, -0.25) is 0 Å². The Bertz CT molecular complexity index is 414.